The van der Waals surface area contributed by atoms with Gasteiger partial charge >= 0.3 is 0 Å². The molecule has 0 spiro atoms. The van der Waals surface area contributed by atoms with E-state index in [-0.39, 0.29) is 31.1 Å². The Morgan fingerprint density at radius 1 is 1.21 bits per heavy atom. The Balaban J connectivity index is 2.22. The van der Waals surface area contributed by atoms with Gasteiger partial charge in [0.1, 0.15) is 0 Å². The van der Waals surface area contributed by atoms with Crippen LogP contribution in [-0.2, 0) is 14.8 Å². The van der Waals surface area contributed by atoms with Crippen LogP contribution in [0.4, 0.5) is 10.8 Å². The first-order chi connectivity index (χ1) is 11.0. The Kier molecular flexibility index (Phi) is 5.38. The Bertz CT molecular complexity index is 876. The lowest BCUT2D eigenvalue weighted by Gasteiger charge is -2.15. The van der Waals surface area contributed by atoms with E-state index in [1.54, 1.807) is 26.8 Å². The highest BCUT2D eigenvalue weighted by Gasteiger charge is 2.25. The van der Waals surface area contributed by atoms with Gasteiger partial charge in [-0.2, -0.15) is 8.42 Å². The van der Waals surface area contributed by atoms with Gasteiger partial charge in [-0.15, -0.1) is 10.2 Å². The molecule has 0 aliphatic rings. The van der Waals surface area contributed by atoms with Gasteiger partial charge in [0.15, 0.2) is 0 Å². The molecule has 0 saturated carbocycles. The van der Waals surface area contributed by atoms with Gasteiger partial charge in [-0.05, 0) is 12.1 Å². The molecule has 1 amide bonds. The van der Waals surface area contributed by atoms with E-state index in [2.05, 4.69) is 20.2 Å². The third-order valence-corrected chi connectivity index (χ3v) is 6.12. The molecule has 2 N–H and O–H groups in total. The minimum atomic E-state index is -4.00. The van der Waals surface area contributed by atoms with E-state index >= 15 is 0 Å². The average molecular weight is 409 g/mol. The molecule has 2 rings (SSSR count). The molecule has 0 atom stereocenters. The van der Waals surface area contributed by atoms with Crippen molar-refractivity contribution in [3.05, 3.63) is 28.2 Å². The van der Waals surface area contributed by atoms with E-state index in [0.717, 1.165) is 11.3 Å². The average Bonchev–Trinajstić information content (AvgIpc) is 2.92. The number of aromatic nitrogens is 2. The summed E-state index contributed by atoms with van der Waals surface area (Å²) >= 11 is 12.5. The molecule has 1 aromatic heterocycles. The van der Waals surface area contributed by atoms with E-state index < -0.39 is 15.4 Å². The summed E-state index contributed by atoms with van der Waals surface area (Å²) in [5.41, 5.74) is -0.517. The monoisotopic (exact) mass is 408 g/mol. The van der Waals surface area contributed by atoms with E-state index in [0.29, 0.717) is 0 Å². The molecule has 1 heterocycles. The van der Waals surface area contributed by atoms with Gasteiger partial charge in [0.05, 0.1) is 15.7 Å². The molecule has 1 aromatic carbocycles. The quantitative estimate of drug-likeness (QED) is 0.751. The summed E-state index contributed by atoms with van der Waals surface area (Å²) in [4.78, 5) is 11.9. The summed E-state index contributed by atoms with van der Waals surface area (Å²) in [6, 6.07) is 4.56. The minimum absolute atomic E-state index is 0.0773. The Hall–Kier alpha value is -1.42. The van der Waals surface area contributed by atoms with Crippen molar-refractivity contribution in [1.82, 2.24) is 10.2 Å². The fraction of sp³-hybridized carbons (Fsp3) is 0.308. The number of carbonyl (C=O) groups is 1. The van der Waals surface area contributed by atoms with Crippen LogP contribution in [0.2, 0.25) is 10.0 Å². The van der Waals surface area contributed by atoms with Gasteiger partial charge in [-0.1, -0.05) is 61.4 Å². The van der Waals surface area contributed by atoms with Crippen molar-refractivity contribution in [2.24, 2.45) is 5.41 Å². The topological polar surface area (TPSA) is 101 Å². The molecule has 0 saturated heterocycles. The van der Waals surface area contributed by atoms with Crippen LogP contribution in [-0.4, -0.2) is 24.5 Å². The number of halogens is 2. The highest BCUT2D eigenvalue weighted by molar-refractivity contribution is 7.94. The molecule has 0 fully saturated rings. The molecule has 0 unspecified atom stereocenters. The molecule has 2 aromatic rings. The van der Waals surface area contributed by atoms with Crippen molar-refractivity contribution < 1.29 is 13.2 Å². The van der Waals surface area contributed by atoms with Gasteiger partial charge < -0.3 is 5.32 Å². The highest BCUT2D eigenvalue weighted by Crippen LogP contribution is 2.32. The van der Waals surface area contributed by atoms with Crippen molar-refractivity contribution in [3.63, 3.8) is 0 Å². The molecule has 0 radical (unpaired) electrons. The standard InChI is InChI=1S/C13H14Cl2N4O3S2/c1-13(2,3)10(20)16-11-17-18-12(23-11)24(21,22)19-8-6-4-5-7(14)9(8)15/h4-6,19H,1-3H3,(H,16,17,20). The summed E-state index contributed by atoms with van der Waals surface area (Å²) in [6.45, 7) is 5.18. The lowest BCUT2D eigenvalue weighted by molar-refractivity contribution is -0.123. The Labute approximate surface area is 153 Å². The SMILES string of the molecule is CC(C)(C)C(=O)Nc1nnc(S(=O)(=O)Nc2cccc(Cl)c2Cl)s1. The van der Waals surface area contributed by atoms with Crippen LogP contribution in [0.3, 0.4) is 0 Å². The maximum absolute atomic E-state index is 12.3. The predicted molar refractivity (Wildman–Crippen MR) is 95.3 cm³/mol. The first-order valence-electron chi connectivity index (χ1n) is 6.62. The van der Waals surface area contributed by atoms with Crippen LogP contribution in [0, 0.1) is 5.41 Å². The fourth-order valence-electron chi connectivity index (χ4n) is 1.42. The highest BCUT2D eigenvalue weighted by atomic mass is 35.5. The van der Waals surface area contributed by atoms with Gasteiger partial charge in [0, 0.05) is 5.41 Å². The molecule has 7 nitrogen and oxygen atoms in total. The van der Waals surface area contributed by atoms with Crippen molar-refractivity contribution >= 4 is 61.3 Å². The van der Waals surface area contributed by atoms with Crippen LogP contribution in [0.15, 0.2) is 22.5 Å². The minimum Gasteiger partial charge on any atom is -0.300 e. The van der Waals surface area contributed by atoms with Crippen LogP contribution in [0.25, 0.3) is 0 Å². The van der Waals surface area contributed by atoms with Crippen LogP contribution in [0.1, 0.15) is 20.8 Å². The van der Waals surface area contributed by atoms with E-state index in [1.165, 1.54) is 12.1 Å². The normalized spacial score (nSPS) is 12.0. The molecule has 0 aliphatic carbocycles. The van der Waals surface area contributed by atoms with Gasteiger partial charge in [-0.25, -0.2) is 0 Å². The summed E-state index contributed by atoms with van der Waals surface area (Å²) in [7, 11) is -4.00. The second-order valence-corrected chi connectivity index (χ2v) is 9.40. The largest absolute Gasteiger partial charge is 0.300 e. The molecule has 130 valence electrons. The fourth-order valence-corrected chi connectivity index (χ4v) is 3.80. The Morgan fingerprint density at radius 2 is 1.88 bits per heavy atom. The van der Waals surface area contributed by atoms with Crippen molar-refractivity contribution in [2.75, 3.05) is 10.0 Å². The number of sulfonamides is 1. The number of nitrogens with zero attached hydrogens (tertiary/aromatic N) is 2. The zero-order valence-electron chi connectivity index (χ0n) is 12.9. The van der Waals surface area contributed by atoms with Crippen molar-refractivity contribution in [1.29, 1.82) is 0 Å². The number of rotatable bonds is 4. The zero-order valence-corrected chi connectivity index (χ0v) is 16.1. The molecular weight excluding hydrogens is 395 g/mol. The summed E-state index contributed by atoms with van der Waals surface area (Å²) < 4.78 is 26.7. The third-order valence-electron chi connectivity index (χ3n) is 2.73. The van der Waals surface area contributed by atoms with Gasteiger partial charge in [-0.3, -0.25) is 9.52 Å². The Morgan fingerprint density at radius 3 is 2.50 bits per heavy atom. The van der Waals surface area contributed by atoms with E-state index in [1.807, 2.05) is 0 Å². The third kappa shape index (κ3) is 4.35. The first-order valence-corrected chi connectivity index (χ1v) is 9.68. The second-order valence-electron chi connectivity index (χ2n) is 5.78. The van der Waals surface area contributed by atoms with Crippen molar-refractivity contribution in [2.45, 2.75) is 25.1 Å². The maximum atomic E-state index is 12.3. The number of hydrogen-bond donors (Lipinski definition) is 2. The summed E-state index contributed by atoms with van der Waals surface area (Å²) in [5.74, 6) is -0.298. The lowest BCUT2D eigenvalue weighted by atomic mass is 9.96. The number of nitrogens with one attached hydrogen (secondary N) is 2. The first kappa shape index (κ1) is 18.9. The lowest BCUT2D eigenvalue weighted by Crippen LogP contribution is -2.27. The number of amides is 1. The number of hydrogen-bond acceptors (Lipinski definition) is 6. The second kappa shape index (κ2) is 6.83. The predicted octanol–water partition coefficient (Wildman–Crippen LogP) is 3.63. The summed E-state index contributed by atoms with van der Waals surface area (Å²) in [5, 5.41) is 10.2. The number of anilines is 2. The van der Waals surface area contributed by atoms with Crippen LogP contribution >= 0.6 is 34.5 Å². The number of carbonyl (C=O) groups excluding carboxylic acids is 1. The van der Waals surface area contributed by atoms with Crippen LogP contribution < -0.4 is 10.0 Å². The van der Waals surface area contributed by atoms with Gasteiger partial charge in [0.2, 0.25) is 11.0 Å². The molecule has 24 heavy (non-hydrogen) atoms. The molecular formula is C13H14Cl2N4O3S2. The molecule has 0 aliphatic heterocycles. The molecule has 0 bridgehead atoms. The van der Waals surface area contributed by atoms with Crippen molar-refractivity contribution in [3.8, 4) is 0 Å². The smallest absolute Gasteiger partial charge is 0.291 e. The maximum Gasteiger partial charge on any atom is 0.291 e. The zero-order chi connectivity index (χ0) is 18.1. The summed E-state index contributed by atoms with van der Waals surface area (Å²) in [6.07, 6.45) is 0. The molecule has 11 heteroatoms. The van der Waals surface area contributed by atoms with Gasteiger partial charge in [0.25, 0.3) is 14.4 Å². The van der Waals surface area contributed by atoms with E-state index in [9.17, 15) is 13.2 Å². The number of benzene rings is 1. The van der Waals surface area contributed by atoms with E-state index in [4.69, 9.17) is 23.2 Å². The van der Waals surface area contributed by atoms with Crippen LogP contribution in [0.5, 0.6) is 0 Å².